The Morgan fingerprint density at radius 1 is 1.07 bits per heavy atom. The molecule has 3 aromatic rings. The van der Waals surface area contributed by atoms with Crippen molar-refractivity contribution in [3.63, 3.8) is 0 Å². The number of hydrogen-bond acceptors (Lipinski definition) is 7. The van der Waals surface area contributed by atoms with Crippen LogP contribution in [0, 0.1) is 0 Å². The Morgan fingerprint density at radius 2 is 1.83 bits per heavy atom. The molecule has 0 bridgehead atoms. The average Bonchev–Trinajstić information content (AvgIpc) is 3.21. The summed E-state index contributed by atoms with van der Waals surface area (Å²) in [5, 5.41) is 5.30. The normalized spacial score (nSPS) is 10.7. The number of aromatic nitrogens is 1. The zero-order chi connectivity index (χ0) is 21.5. The van der Waals surface area contributed by atoms with Crippen LogP contribution in [0.3, 0.4) is 0 Å². The molecule has 0 aliphatic rings. The van der Waals surface area contributed by atoms with E-state index in [1.54, 1.807) is 27.4 Å². The van der Waals surface area contributed by atoms with Crippen LogP contribution in [0.1, 0.15) is 5.56 Å². The van der Waals surface area contributed by atoms with E-state index in [0.29, 0.717) is 23.2 Å². The molecule has 0 aliphatic carbocycles. The molecule has 1 heterocycles. The van der Waals surface area contributed by atoms with E-state index < -0.39 is 0 Å². The Balaban J connectivity index is 1.61. The van der Waals surface area contributed by atoms with Crippen LogP contribution in [0.15, 0.2) is 47.8 Å². The molecule has 0 saturated heterocycles. The van der Waals surface area contributed by atoms with Gasteiger partial charge in [-0.25, -0.2) is 4.98 Å². The van der Waals surface area contributed by atoms with Gasteiger partial charge in [-0.15, -0.1) is 11.3 Å². The average molecular weight is 428 g/mol. The second kappa shape index (κ2) is 10.1. The van der Waals surface area contributed by atoms with Crippen molar-refractivity contribution < 1.29 is 19.0 Å². The Labute approximate surface area is 180 Å². The number of methoxy groups -OCH3 is 3. The molecular formula is C22H25N3O4S. The van der Waals surface area contributed by atoms with E-state index in [-0.39, 0.29) is 12.5 Å². The molecule has 0 atom stereocenters. The van der Waals surface area contributed by atoms with Gasteiger partial charge in [0.25, 0.3) is 0 Å². The number of anilines is 1. The fourth-order valence-corrected chi connectivity index (χ4v) is 3.73. The molecule has 1 aromatic heterocycles. The maximum absolute atomic E-state index is 12.4. The third-order valence-corrected chi connectivity index (χ3v) is 5.19. The smallest absolute Gasteiger partial charge is 0.240 e. The van der Waals surface area contributed by atoms with Gasteiger partial charge < -0.3 is 19.5 Å². The molecule has 2 aromatic carbocycles. The zero-order valence-electron chi connectivity index (χ0n) is 17.5. The first-order chi connectivity index (χ1) is 14.5. The summed E-state index contributed by atoms with van der Waals surface area (Å²) >= 11 is 1.37. The lowest BCUT2D eigenvalue weighted by Crippen LogP contribution is -2.29. The Kier molecular flexibility index (Phi) is 7.26. The maximum atomic E-state index is 12.4. The number of thiazole rings is 1. The Morgan fingerprint density at radius 3 is 2.57 bits per heavy atom. The molecular weight excluding hydrogens is 402 g/mol. The van der Waals surface area contributed by atoms with Crippen molar-refractivity contribution in [1.29, 1.82) is 0 Å². The molecule has 0 saturated carbocycles. The summed E-state index contributed by atoms with van der Waals surface area (Å²) in [5.74, 6) is 2.05. The SMILES string of the molecule is COc1cccc(CN(C)CC(=O)Nc2nc(-c3ccc(OC)cc3OC)cs2)c1. The van der Waals surface area contributed by atoms with Crippen LogP contribution in [0.4, 0.5) is 5.13 Å². The first-order valence-electron chi connectivity index (χ1n) is 9.31. The monoisotopic (exact) mass is 427 g/mol. The van der Waals surface area contributed by atoms with E-state index in [9.17, 15) is 4.79 Å². The van der Waals surface area contributed by atoms with Gasteiger partial charge in [-0.05, 0) is 36.9 Å². The largest absolute Gasteiger partial charge is 0.497 e. The number of nitrogens with zero attached hydrogens (tertiary/aromatic N) is 2. The van der Waals surface area contributed by atoms with E-state index in [4.69, 9.17) is 14.2 Å². The van der Waals surface area contributed by atoms with Gasteiger partial charge in [-0.3, -0.25) is 9.69 Å². The standard InChI is InChI=1S/C22H25N3O4S/c1-25(12-15-6-5-7-16(10-15)27-2)13-21(26)24-22-23-19(14-30-22)18-9-8-17(28-3)11-20(18)29-4/h5-11,14H,12-13H2,1-4H3,(H,23,24,26). The lowest BCUT2D eigenvalue weighted by atomic mass is 10.1. The molecule has 1 N–H and O–H groups in total. The van der Waals surface area contributed by atoms with Gasteiger partial charge in [0.2, 0.25) is 5.91 Å². The number of benzene rings is 2. The minimum atomic E-state index is -0.122. The minimum absolute atomic E-state index is 0.122. The van der Waals surface area contributed by atoms with E-state index >= 15 is 0 Å². The number of nitrogens with one attached hydrogen (secondary N) is 1. The number of amides is 1. The second-order valence-corrected chi connectivity index (χ2v) is 7.53. The number of ether oxygens (including phenoxy) is 3. The maximum Gasteiger partial charge on any atom is 0.240 e. The number of carbonyl (C=O) groups excluding carboxylic acids is 1. The lowest BCUT2D eigenvalue weighted by Gasteiger charge is -2.16. The van der Waals surface area contributed by atoms with Crippen molar-refractivity contribution in [2.75, 3.05) is 40.2 Å². The van der Waals surface area contributed by atoms with E-state index in [0.717, 1.165) is 22.6 Å². The van der Waals surface area contributed by atoms with Crippen molar-refractivity contribution >= 4 is 22.4 Å². The highest BCUT2D eigenvalue weighted by atomic mass is 32.1. The summed E-state index contributed by atoms with van der Waals surface area (Å²) < 4.78 is 15.9. The lowest BCUT2D eigenvalue weighted by molar-refractivity contribution is -0.117. The molecule has 0 spiro atoms. The van der Waals surface area contributed by atoms with Gasteiger partial charge in [-0.2, -0.15) is 0 Å². The van der Waals surface area contributed by atoms with Crippen LogP contribution < -0.4 is 19.5 Å². The first kappa shape index (κ1) is 21.6. The van der Waals surface area contributed by atoms with Crippen molar-refractivity contribution in [1.82, 2.24) is 9.88 Å². The molecule has 0 fully saturated rings. The molecule has 158 valence electrons. The summed E-state index contributed by atoms with van der Waals surface area (Å²) in [6.45, 7) is 0.884. The topological polar surface area (TPSA) is 72.9 Å². The molecule has 3 rings (SSSR count). The van der Waals surface area contributed by atoms with E-state index in [1.165, 1.54) is 11.3 Å². The number of likely N-dealkylation sites (N-methyl/N-ethyl adjacent to an activating group) is 1. The minimum Gasteiger partial charge on any atom is -0.497 e. The van der Waals surface area contributed by atoms with Crippen LogP contribution in [0.25, 0.3) is 11.3 Å². The van der Waals surface area contributed by atoms with E-state index in [1.807, 2.05) is 53.7 Å². The third-order valence-electron chi connectivity index (χ3n) is 4.44. The molecule has 30 heavy (non-hydrogen) atoms. The molecule has 0 unspecified atom stereocenters. The molecule has 1 amide bonds. The van der Waals surface area contributed by atoms with Crippen LogP contribution in [-0.4, -0.2) is 50.7 Å². The highest BCUT2D eigenvalue weighted by Crippen LogP contribution is 2.34. The van der Waals surface area contributed by atoms with Gasteiger partial charge in [0.15, 0.2) is 5.13 Å². The van der Waals surface area contributed by atoms with E-state index in [2.05, 4.69) is 10.3 Å². The number of rotatable bonds is 9. The van der Waals surface area contributed by atoms with Crippen molar-refractivity contribution in [3.8, 4) is 28.5 Å². The fourth-order valence-electron chi connectivity index (χ4n) is 3.01. The van der Waals surface area contributed by atoms with Crippen LogP contribution >= 0.6 is 11.3 Å². The zero-order valence-corrected chi connectivity index (χ0v) is 18.3. The first-order valence-corrected chi connectivity index (χ1v) is 10.2. The van der Waals surface area contributed by atoms with Crippen LogP contribution in [0.5, 0.6) is 17.2 Å². The Hall–Kier alpha value is -3.10. The van der Waals surface area contributed by atoms with Crippen molar-refractivity contribution in [2.24, 2.45) is 0 Å². The van der Waals surface area contributed by atoms with Crippen molar-refractivity contribution in [3.05, 3.63) is 53.4 Å². The van der Waals surface area contributed by atoms with Crippen LogP contribution in [-0.2, 0) is 11.3 Å². The predicted molar refractivity (Wildman–Crippen MR) is 119 cm³/mol. The summed E-state index contributed by atoms with van der Waals surface area (Å²) in [7, 11) is 6.75. The molecule has 0 radical (unpaired) electrons. The van der Waals surface area contributed by atoms with Gasteiger partial charge in [-0.1, -0.05) is 12.1 Å². The molecule has 7 nitrogen and oxygen atoms in total. The van der Waals surface area contributed by atoms with Crippen molar-refractivity contribution in [2.45, 2.75) is 6.54 Å². The van der Waals surface area contributed by atoms with Crippen LogP contribution in [0.2, 0.25) is 0 Å². The molecule has 8 heteroatoms. The highest BCUT2D eigenvalue weighted by Gasteiger charge is 2.14. The molecule has 0 aliphatic heterocycles. The third kappa shape index (κ3) is 5.49. The summed E-state index contributed by atoms with van der Waals surface area (Å²) in [4.78, 5) is 18.9. The second-order valence-electron chi connectivity index (χ2n) is 6.68. The number of carbonyl (C=O) groups is 1. The Bertz CT molecular complexity index is 1010. The summed E-state index contributed by atoms with van der Waals surface area (Å²) in [6, 6.07) is 13.3. The predicted octanol–water partition coefficient (Wildman–Crippen LogP) is 3.91. The highest BCUT2D eigenvalue weighted by molar-refractivity contribution is 7.14. The fraction of sp³-hybridized carbons (Fsp3) is 0.273. The van der Waals surface area contributed by atoms with Gasteiger partial charge in [0, 0.05) is 23.6 Å². The summed E-state index contributed by atoms with van der Waals surface area (Å²) in [6.07, 6.45) is 0. The van der Waals surface area contributed by atoms with Gasteiger partial charge in [0.05, 0.1) is 33.6 Å². The van der Waals surface area contributed by atoms with Gasteiger partial charge in [0.1, 0.15) is 17.2 Å². The quantitative estimate of drug-likeness (QED) is 0.558. The number of hydrogen-bond donors (Lipinski definition) is 1. The summed E-state index contributed by atoms with van der Waals surface area (Å²) in [5.41, 5.74) is 2.65. The van der Waals surface area contributed by atoms with Gasteiger partial charge >= 0.3 is 0 Å².